The molecule has 1 aromatic heterocycles. The Morgan fingerprint density at radius 2 is 1.71 bits per heavy atom. The topological polar surface area (TPSA) is 134 Å². The second-order valence-electron chi connectivity index (χ2n) is 8.65. The Balaban J connectivity index is 1.79. The first-order chi connectivity index (χ1) is 19.1. The summed E-state index contributed by atoms with van der Waals surface area (Å²) in [5.74, 6) is -9.95. The summed E-state index contributed by atoms with van der Waals surface area (Å²) in [6.45, 7) is 1.07. The Hall–Kier alpha value is -3.98. The first kappa shape index (κ1) is 31.5. The largest absolute Gasteiger partial charge is 0.483 e. The number of nitrogens with two attached hydrogens (primary N) is 1. The number of halogens is 6. The van der Waals surface area contributed by atoms with Crippen molar-refractivity contribution in [3.05, 3.63) is 63.0 Å². The minimum Gasteiger partial charge on any atom is -0.483 e. The molecule has 3 N–H and O–H groups in total. The van der Waals surface area contributed by atoms with Crippen LogP contribution in [0.1, 0.15) is 39.4 Å². The van der Waals surface area contributed by atoms with E-state index in [1.165, 1.54) is 25.2 Å². The number of fused-ring (bicyclic) bond motifs is 1. The minimum atomic E-state index is -5.24. The van der Waals surface area contributed by atoms with Gasteiger partial charge in [-0.2, -0.15) is 13.2 Å². The summed E-state index contributed by atoms with van der Waals surface area (Å²) in [6.07, 6.45) is -5.24. The van der Waals surface area contributed by atoms with Crippen molar-refractivity contribution in [3.8, 4) is 5.75 Å². The van der Waals surface area contributed by atoms with Gasteiger partial charge in [0.05, 0.1) is 0 Å². The van der Waals surface area contributed by atoms with E-state index < -0.39 is 78.2 Å². The number of benzene rings is 2. The summed E-state index contributed by atoms with van der Waals surface area (Å²) in [5.41, 5.74) is 4.66. The summed E-state index contributed by atoms with van der Waals surface area (Å²) < 4.78 is 82.1. The van der Waals surface area contributed by atoms with Crippen LogP contribution in [-0.4, -0.2) is 42.8 Å². The fraction of sp³-hybridized carbons (Fsp3) is 0.280. The lowest BCUT2D eigenvalue weighted by atomic mass is 10.0. The predicted molar refractivity (Wildman–Crippen MR) is 135 cm³/mol. The maximum Gasteiger partial charge on any atom is 0.471 e. The number of thiophene rings is 1. The highest BCUT2D eigenvalue weighted by molar-refractivity contribution is 7.21. The zero-order valence-electron chi connectivity index (χ0n) is 21.1. The molecule has 0 aliphatic carbocycles. The molecule has 16 heteroatoms. The molecule has 0 aliphatic rings. The lowest BCUT2D eigenvalue weighted by molar-refractivity contribution is -0.177. The van der Waals surface area contributed by atoms with Crippen LogP contribution in [0, 0.1) is 17.6 Å². The fourth-order valence-electron chi connectivity index (χ4n) is 3.47. The Morgan fingerprint density at radius 1 is 1.07 bits per heavy atom. The zero-order chi connectivity index (χ0) is 30.6. The maximum atomic E-state index is 14.4. The van der Waals surface area contributed by atoms with Crippen molar-refractivity contribution in [2.24, 2.45) is 11.7 Å². The SMILES string of the molecule is CC(C)[C@H](NC(=O)C(F)(F)F)C(=O)OCOC(=O)c1sc2cccc(Cl)c2c1COc1c(F)cc(C(N)=O)cc1F. The van der Waals surface area contributed by atoms with Crippen molar-refractivity contribution < 1.29 is 55.3 Å². The third kappa shape index (κ3) is 7.41. The van der Waals surface area contributed by atoms with Gasteiger partial charge in [-0.15, -0.1) is 11.3 Å². The number of hydrogen-bond acceptors (Lipinski definition) is 8. The number of nitrogens with one attached hydrogen (secondary N) is 1. The second-order valence-corrected chi connectivity index (χ2v) is 10.1. The van der Waals surface area contributed by atoms with Gasteiger partial charge in [0.15, 0.2) is 17.4 Å². The van der Waals surface area contributed by atoms with Crippen LogP contribution < -0.4 is 15.8 Å². The number of ether oxygens (including phenoxy) is 3. The van der Waals surface area contributed by atoms with Gasteiger partial charge in [0.25, 0.3) is 0 Å². The molecule has 0 radical (unpaired) electrons. The maximum absolute atomic E-state index is 14.4. The predicted octanol–water partition coefficient (Wildman–Crippen LogP) is 4.87. The molecule has 0 spiro atoms. The highest BCUT2D eigenvalue weighted by Gasteiger charge is 2.41. The van der Waals surface area contributed by atoms with Gasteiger partial charge >= 0.3 is 24.0 Å². The first-order valence-electron chi connectivity index (χ1n) is 11.4. The van der Waals surface area contributed by atoms with Crippen LogP contribution in [0.5, 0.6) is 5.75 Å². The molecule has 3 rings (SSSR count). The molecule has 1 atom stereocenters. The van der Waals surface area contributed by atoms with Crippen LogP contribution in [0.3, 0.4) is 0 Å². The van der Waals surface area contributed by atoms with Crippen molar-refractivity contribution in [1.29, 1.82) is 0 Å². The number of carbonyl (C=O) groups excluding carboxylic acids is 4. The molecule has 3 aromatic rings. The number of carbonyl (C=O) groups is 4. The van der Waals surface area contributed by atoms with Crippen LogP contribution in [0.25, 0.3) is 10.1 Å². The number of rotatable bonds is 10. The van der Waals surface area contributed by atoms with E-state index >= 15 is 0 Å². The molecule has 0 fully saturated rings. The molecule has 0 unspecified atom stereocenters. The van der Waals surface area contributed by atoms with Crippen LogP contribution in [0.2, 0.25) is 5.02 Å². The van der Waals surface area contributed by atoms with E-state index in [0.29, 0.717) is 22.2 Å². The molecule has 41 heavy (non-hydrogen) atoms. The molecule has 0 aliphatic heterocycles. The van der Waals surface area contributed by atoms with Gasteiger partial charge in [-0.25, -0.2) is 18.4 Å². The van der Waals surface area contributed by atoms with Crippen molar-refractivity contribution in [3.63, 3.8) is 0 Å². The third-order valence-electron chi connectivity index (χ3n) is 5.45. The van der Waals surface area contributed by atoms with E-state index in [0.717, 1.165) is 11.3 Å². The number of hydrogen-bond donors (Lipinski definition) is 2. The van der Waals surface area contributed by atoms with E-state index in [-0.39, 0.29) is 15.5 Å². The van der Waals surface area contributed by atoms with Crippen molar-refractivity contribution in [1.82, 2.24) is 5.32 Å². The van der Waals surface area contributed by atoms with E-state index in [1.54, 1.807) is 12.1 Å². The zero-order valence-corrected chi connectivity index (χ0v) is 22.6. The van der Waals surface area contributed by atoms with Crippen LogP contribution in [0.15, 0.2) is 30.3 Å². The summed E-state index contributed by atoms with van der Waals surface area (Å²) in [7, 11) is 0. The molecule has 2 aromatic carbocycles. The fourth-order valence-corrected chi connectivity index (χ4v) is 4.94. The highest BCUT2D eigenvalue weighted by atomic mass is 35.5. The Morgan fingerprint density at radius 3 is 2.27 bits per heavy atom. The lowest BCUT2D eigenvalue weighted by Gasteiger charge is -2.21. The summed E-state index contributed by atoms with van der Waals surface area (Å²) in [4.78, 5) is 47.5. The smallest absolute Gasteiger partial charge is 0.471 e. The Labute approximate surface area is 237 Å². The van der Waals surface area contributed by atoms with Gasteiger partial charge in [0.2, 0.25) is 12.7 Å². The Bertz CT molecular complexity index is 1490. The van der Waals surface area contributed by atoms with Crippen molar-refractivity contribution in [2.45, 2.75) is 32.7 Å². The summed E-state index contributed by atoms with van der Waals surface area (Å²) >= 11 is 7.15. The van der Waals surface area contributed by atoms with E-state index in [2.05, 4.69) is 0 Å². The lowest BCUT2D eigenvalue weighted by Crippen LogP contribution is -2.50. The monoisotopic (exact) mass is 622 g/mol. The average Bonchev–Trinajstić information content (AvgIpc) is 3.25. The minimum absolute atomic E-state index is 0.0576. The molecule has 0 saturated heterocycles. The van der Waals surface area contributed by atoms with E-state index in [4.69, 9.17) is 31.5 Å². The quantitative estimate of drug-likeness (QED) is 0.187. The molecule has 9 nitrogen and oxygen atoms in total. The second kappa shape index (κ2) is 12.7. The van der Waals surface area contributed by atoms with Crippen LogP contribution >= 0.6 is 22.9 Å². The number of primary amides is 1. The number of amides is 2. The van der Waals surface area contributed by atoms with Gasteiger partial charge in [-0.1, -0.05) is 31.5 Å². The molecule has 0 saturated carbocycles. The van der Waals surface area contributed by atoms with Gasteiger partial charge in [-0.3, -0.25) is 9.59 Å². The normalized spacial score (nSPS) is 12.2. The van der Waals surface area contributed by atoms with Gasteiger partial charge in [0, 0.05) is 26.2 Å². The van der Waals surface area contributed by atoms with Gasteiger partial charge < -0.3 is 25.3 Å². The summed E-state index contributed by atoms with van der Waals surface area (Å²) in [6, 6.07) is 4.30. The third-order valence-corrected chi connectivity index (χ3v) is 6.94. The van der Waals surface area contributed by atoms with Crippen molar-refractivity contribution in [2.75, 3.05) is 6.79 Å². The van der Waals surface area contributed by atoms with Gasteiger partial charge in [0.1, 0.15) is 17.5 Å². The molecular weight excluding hydrogens is 603 g/mol. The number of esters is 2. The van der Waals surface area contributed by atoms with E-state index in [9.17, 15) is 41.1 Å². The molecule has 1 heterocycles. The number of alkyl halides is 3. The molecule has 220 valence electrons. The standard InChI is InChI=1S/C25H20ClF5N2O7S/c1-10(2)18(33-24(37)25(29,30)31)22(35)39-9-40-23(36)20-12(17-13(26)4-3-5-16(17)41-20)8-38-19-14(27)6-11(21(32)34)7-15(19)28/h3-7,10,18H,8-9H2,1-2H3,(H2,32,34)(H,33,37)/t18-/m0/s1. The van der Waals surface area contributed by atoms with Crippen LogP contribution in [-0.2, 0) is 25.7 Å². The molecule has 0 bridgehead atoms. The molecular formula is C25H20ClF5N2O7S. The summed E-state index contributed by atoms with van der Waals surface area (Å²) in [5, 5.41) is 1.97. The van der Waals surface area contributed by atoms with Crippen LogP contribution in [0.4, 0.5) is 22.0 Å². The average molecular weight is 623 g/mol. The Kier molecular flexibility index (Phi) is 9.76. The highest BCUT2D eigenvalue weighted by Crippen LogP contribution is 2.37. The molecule has 2 amide bonds. The first-order valence-corrected chi connectivity index (χ1v) is 12.6. The van der Waals surface area contributed by atoms with Crippen molar-refractivity contribution >= 4 is 56.8 Å². The van der Waals surface area contributed by atoms with E-state index in [1.807, 2.05) is 0 Å². The van der Waals surface area contributed by atoms with Gasteiger partial charge in [-0.05, 0) is 30.2 Å².